The summed E-state index contributed by atoms with van der Waals surface area (Å²) in [5.74, 6) is -2.93. The number of anilines is 1. The van der Waals surface area contributed by atoms with Crippen LogP contribution in [-0.2, 0) is 9.63 Å². The largest absolute Gasteiger partial charge is 0.479 e. The highest BCUT2D eigenvalue weighted by molar-refractivity contribution is 9.10. The zero-order valence-electron chi connectivity index (χ0n) is 8.67. The lowest BCUT2D eigenvalue weighted by Crippen LogP contribution is -2.31. The minimum Gasteiger partial charge on any atom is -0.479 e. The van der Waals surface area contributed by atoms with Gasteiger partial charge in [0.15, 0.2) is 6.61 Å². The molecule has 3 N–H and O–H groups in total. The fraction of sp³-hybridized carbons (Fsp3) is 0.111. The van der Waals surface area contributed by atoms with Crippen LogP contribution in [0.4, 0.5) is 19.3 Å². The third-order valence-electron chi connectivity index (χ3n) is 1.62. The number of aliphatic carboxylic acids is 1. The number of hydroxylamine groups is 1. The number of urea groups is 1. The number of carboxylic acids is 1. The maximum atomic E-state index is 13.3. The van der Waals surface area contributed by atoms with Crippen molar-refractivity contribution in [3.63, 3.8) is 0 Å². The molecule has 0 aromatic heterocycles. The fourth-order valence-electron chi connectivity index (χ4n) is 0.930. The number of hydrogen-bond acceptors (Lipinski definition) is 3. The number of benzene rings is 1. The van der Waals surface area contributed by atoms with Crippen molar-refractivity contribution in [2.75, 3.05) is 11.9 Å². The number of rotatable bonds is 4. The monoisotopic (exact) mass is 324 g/mol. The topological polar surface area (TPSA) is 87.7 Å². The molecule has 9 heteroatoms. The van der Waals surface area contributed by atoms with Gasteiger partial charge in [-0.3, -0.25) is 4.84 Å². The number of carboxylic acid groups (broad SMARTS) is 1. The van der Waals surface area contributed by atoms with E-state index in [0.29, 0.717) is 0 Å². The van der Waals surface area contributed by atoms with Gasteiger partial charge in [0.05, 0.1) is 10.2 Å². The Morgan fingerprint density at radius 1 is 1.33 bits per heavy atom. The van der Waals surface area contributed by atoms with Crippen LogP contribution < -0.4 is 10.8 Å². The lowest BCUT2D eigenvalue weighted by molar-refractivity contribution is -0.143. The first kappa shape index (κ1) is 14.3. The molecule has 0 aliphatic carbocycles. The molecule has 1 aromatic rings. The molecule has 0 aliphatic heterocycles. The van der Waals surface area contributed by atoms with Crippen molar-refractivity contribution >= 4 is 33.6 Å². The third kappa shape index (κ3) is 4.26. The van der Waals surface area contributed by atoms with Gasteiger partial charge in [0.1, 0.15) is 11.6 Å². The molecule has 18 heavy (non-hydrogen) atoms. The summed E-state index contributed by atoms with van der Waals surface area (Å²) >= 11 is 2.77. The highest BCUT2D eigenvalue weighted by atomic mass is 79.9. The van der Waals surface area contributed by atoms with Gasteiger partial charge in [0, 0.05) is 6.07 Å². The van der Waals surface area contributed by atoms with Gasteiger partial charge in [-0.1, -0.05) is 0 Å². The molecule has 0 atom stereocenters. The summed E-state index contributed by atoms with van der Waals surface area (Å²) in [6, 6.07) is 0.566. The highest BCUT2D eigenvalue weighted by Gasteiger charge is 2.11. The molecule has 0 aliphatic rings. The minimum atomic E-state index is -1.30. The average molecular weight is 325 g/mol. The Bertz CT molecular complexity index is 484. The number of nitrogens with one attached hydrogen (secondary N) is 2. The van der Waals surface area contributed by atoms with E-state index in [4.69, 9.17) is 5.11 Å². The molecule has 0 bridgehead atoms. The summed E-state index contributed by atoms with van der Waals surface area (Å²) in [5, 5.41) is 10.2. The molecular formula is C9H7BrF2N2O4. The quantitative estimate of drug-likeness (QED) is 0.582. The molecule has 1 rings (SSSR count). The Balaban J connectivity index is 2.59. The number of hydrogen-bond donors (Lipinski definition) is 3. The fourth-order valence-corrected chi connectivity index (χ4v) is 1.24. The molecule has 1 aromatic carbocycles. The lowest BCUT2D eigenvalue weighted by Gasteiger charge is -2.08. The maximum Gasteiger partial charge on any atom is 0.343 e. The molecular weight excluding hydrogens is 318 g/mol. The van der Waals surface area contributed by atoms with E-state index in [-0.39, 0.29) is 4.47 Å². The van der Waals surface area contributed by atoms with Crippen LogP contribution in [0.2, 0.25) is 0 Å². The first-order valence-corrected chi connectivity index (χ1v) is 5.24. The SMILES string of the molecule is O=C(O)CONC(=O)Nc1cc(F)c(Br)cc1F. The Morgan fingerprint density at radius 2 is 2.00 bits per heavy atom. The van der Waals surface area contributed by atoms with Gasteiger partial charge < -0.3 is 10.4 Å². The van der Waals surface area contributed by atoms with Crippen molar-refractivity contribution in [3.8, 4) is 0 Å². The van der Waals surface area contributed by atoms with Crippen LogP contribution >= 0.6 is 15.9 Å². The zero-order chi connectivity index (χ0) is 13.7. The van der Waals surface area contributed by atoms with Crippen LogP contribution in [0.5, 0.6) is 0 Å². The average Bonchev–Trinajstić information content (AvgIpc) is 2.25. The van der Waals surface area contributed by atoms with E-state index in [1.54, 1.807) is 5.48 Å². The Kier molecular flexibility index (Phi) is 4.98. The smallest absolute Gasteiger partial charge is 0.343 e. The molecule has 0 unspecified atom stereocenters. The summed E-state index contributed by atoms with van der Waals surface area (Å²) in [7, 11) is 0. The zero-order valence-corrected chi connectivity index (χ0v) is 10.3. The Labute approximate surface area is 108 Å². The standard InChI is InChI=1S/C9H7BrF2N2O4/c10-4-1-6(12)7(2-5(4)11)13-9(17)14-18-3-8(15)16/h1-2H,3H2,(H,15,16)(H2,13,14,17). The first-order chi connectivity index (χ1) is 8.40. The summed E-state index contributed by atoms with van der Waals surface area (Å²) in [4.78, 5) is 25.4. The molecule has 2 amide bonds. The molecule has 98 valence electrons. The van der Waals surface area contributed by atoms with Crippen molar-refractivity contribution < 1.29 is 28.3 Å². The highest BCUT2D eigenvalue weighted by Crippen LogP contribution is 2.23. The predicted molar refractivity (Wildman–Crippen MR) is 59.8 cm³/mol. The van der Waals surface area contributed by atoms with E-state index in [9.17, 15) is 18.4 Å². The first-order valence-electron chi connectivity index (χ1n) is 4.45. The lowest BCUT2D eigenvalue weighted by atomic mass is 10.3. The number of carbonyl (C=O) groups is 2. The van der Waals surface area contributed by atoms with E-state index in [0.717, 1.165) is 12.1 Å². The van der Waals surface area contributed by atoms with Crippen molar-refractivity contribution in [3.05, 3.63) is 28.2 Å². The molecule has 0 saturated carbocycles. The normalized spacial score (nSPS) is 9.94. The number of amides is 2. The predicted octanol–water partition coefficient (Wildman–Crippen LogP) is 1.86. The van der Waals surface area contributed by atoms with Crippen LogP contribution in [-0.4, -0.2) is 23.7 Å². The Morgan fingerprint density at radius 3 is 2.61 bits per heavy atom. The van der Waals surface area contributed by atoms with Gasteiger partial charge in [0.2, 0.25) is 0 Å². The summed E-state index contributed by atoms with van der Waals surface area (Å²) in [5.41, 5.74) is 1.28. The van der Waals surface area contributed by atoms with E-state index < -0.39 is 35.9 Å². The molecule has 0 saturated heterocycles. The van der Waals surface area contributed by atoms with Crippen LogP contribution in [0.15, 0.2) is 16.6 Å². The summed E-state index contributed by atoms with van der Waals surface area (Å²) in [6.45, 7) is -0.759. The second-order valence-electron chi connectivity index (χ2n) is 2.98. The minimum absolute atomic E-state index is 0.0897. The Hall–Kier alpha value is -1.74. The maximum absolute atomic E-state index is 13.3. The summed E-state index contributed by atoms with van der Waals surface area (Å²) < 4.78 is 26.3. The van der Waals surface area contributed by atoms with Gasteiger partial charge in [-0.15, -0.1) is 0 Å². The van der Waals surface area contributed by atoms with Crippen molar-refractivity contribution in [2.24, 2.45) is 0 Å². The van der Waals surface area contributed by atoms with Crippen LogP contribution in [0, 0.1) is 11.6 Å². The molecule has 0 heterocycles. The van der Waals surface area contributed by atoms with Crippen LogP contribution in [0.1, 0.15) is 0 Å². The van der Waals surface area contributed by atoms with Gasteiger partial charge in [-0.2, -0.15) is 0 Å². The number of carbonyl (C=O) groups excluding carboxylic acids is 1. The van der Waals surface area contributed by atoms with Crippen molar-refractivity contribution in [2.45, 2.75) is 0 Å². The van der Waals surface area contributed by atoms with Crippen LogP contribution in [0.3, 0.4) is 0 Å². The van der Waals surface area contributed by atoms with E-state index in [1.807, 2.05) is 5.32 Å². The third-order valence-corrected chi connectivity index (χ3v) is 2.23. The molecule has 0 spiro atoms. The number of halogens is 3. The van der Waals surface area contributed by atoms with E-state index >= 15 is 0 Å². The van der Waals surface area contributed by atoms with Gasteiger partial charge in [0.25, 0.3) is 0 Å². The van der Waals surface area contributed by atoms with Crippen LogP contribution in [0.25, 0.3) is 0 Å². The second-order valence-corrected chi connectivity index (χ2v) is 3.84. The molecule has 0 radical (unpaired) electrons. The summed E-state index contributed by atoms with van der Waals surface area (Å²) in [6.07, 6.45) is 0. The van der Waals surface area contributed by atoms with Crippen molar-refractivity contribution in [1.29, 1.82) is 0 Å². The van der Waals surface area contributed by atoms with Gasteiger partial charge in [-0.05, 0) is 22.0 Å². The second kappa shape index (κ2) is 6.26. The van der Waals surface area contributed by atoms with Gasteiger partial charge in [-0.25, -0.2) is 23.9 Å². The van der Waals surface area contributed by atoms with Gasteiger partial charge >= 0.3 is 12.0 Å². The molecule has 0 fully saturated rings. The molecule has 6 nitrogen and oxygen atoms in total. The van der Waals surface area contributed by atoms with E-state index in [1.165, 1.54) is 0 Å². The van der Waals surface area contributed by atoms with E-state index in [2.05, 4.69) is 20.8 Å². The van der Waals surface area contributed by atoms with Crippen molar-refractivity contribution in [1.82, 2.24) is 5.48 Å².